The van der Waals surface area contributed by atoms with Crippen LogP contribution in [0.2, 0.25) is 0 Å². The first kappa shape index (κ1) is 17.8. The molecule has 126 valence electrons. The number of nitrogens with two attached hydrogens (primary N) is 1. The molecule has 2 aliphatic rings. The van der Waals surface area contributed by atoms with Gasteiger partial charge in [0.05, 0.1) is 0 Å². The summed E-state index contributed by atoms with van der Waals surface area (Å²) in [6.07, 6.45) is 14.2. The van der Waals surface area contributed by atoms with Crippen molar-refractivity contribution in [3.05, 3.63) is 23.8 Å². The highest BCUT2D eigenvalue weighted by atomic mass is 14.7. The average Bonchev–Trinajstić information content (AvgIpc) is 2.80. The quantitative estimate of drug-likeness (QED) is 0.661. The molecule has 1 nitrogen and oxygen atoms in total. The highest BCUT2D eigenvalue weighted by Gasteiger charge is 2.50. The zero-order chi connectivity index (χ0) is 16.5. The predicted octanol–water partition coefficient (Wildman–Crippen LogP) is 5.71. The summed E-state index contributed by atoms with van der Waals surface area (Å²) in [5, 5.41) is 0. The van der Waals surface area contributed by atoms with E-state index in [1.165, 1.54) is 32.1 Å². The molecule has 0 aromatic heterocycles. The van der Waals surface area contributed by atoms with E-state index in [1.807, 2.05) is 0 Å². The molecular weight excluding hydrogens is 266 g/mol. The third-order valence-corrected chi connectivity index (χ3v) is 6.92. The fraction of sp³-hybridized carbons (Fsp3) is 0.810. The number of rotatable bonds is 4. The molecular formula is C21H37N. The zero-order valence-electron chi connectivity index (χ0n) is 15.7. The molecule has 0 bridgehead atoms. The molecule has 2 saturated carbocycles. The Morgan fingerprint density at radius 2 is 1.91 bits per heavy atom. The molecule has 0 saturated heterocycles. The van der Waals surface area contributed by atoms with Crippen LogP contribution in [0.15, 0.2) is 23.8 Å². The van der Waals surface area contributed by atoms with Gasteiger partial charge < -0.3 is 5.73 Å². The van der Waals surface area contributed by atoms with Crippen LogP contribution in [0, 0.1) is 29.1 Å². The van der Waals surface area contributed by atoms with Gasteiger partial charge in [-0.3, -0.25) is 0 Å². The number of fused-ring (bicyclic) bond motifs is 1. The van der Waals surface area contributed by atoms with Gasteiger partial charge in [-0.15, -0.1) is 0 Å². The molecule has 2 fully saturated rings. The van der Waals surface area contributed by atoms with E-state index < -0.39 is 0 Å². The summed E-state index contributed by atoms with van der Waals surface area (Å²) in [7, 11) is 0. The van der Waals surface area contributed by atoms with E-state index in [0.29, 0.717) is 17.3 Å². The molecule has 2 N–H and O–H groups in total. The van der Waals surface area contributed by atoms with Crippen LogP contribution in [-0.2, 0) is 0 Å². The number of allylic oxidation sites excluding steroid dienone is 3. The van der Waals surface area contributed by atoms with Crippen molar-refractivity contribution in [3.63, 3.8) is 0 Å². The Morgan fingerprint density at radius 1 is 1.23 bits per heavy atom. The fourth-order valence-corrected chi connectivity index (χ4v) is 5.01. The van der Waals surface area contributed by atoms with Crippen molar-refractivity contribution < 1.29 is 0 Å². The van der Waals surface area contributed by atoms with Crippen LogP contribution in [0.1, 0.15) is 73.6 Å². The minimum atomic E-state index is -0.124. The Labute approximate surface area is 138 Å². The van der Waals surface area contributed by atoms with Gasteiger partial charge in [-0.2, -0.15) is 0 Å². The molecule has 0 spiro atoms. The third-order valence-electron chi connectivity index (χ3n) is 6.92. The maximum Gasteiger partial charge on any atom is 0.0157 e. The van der Waals surface area contributed by atoms with Crippen LogP contribution in [0.3, 0.4) is 0 Å². The van der Waals surface area contributed by atoms with Gasteiger partial charge in [-0.25, -0.2) is 0 Å². The van der Waals surface area contributed by atoms with Gasteiger partial charge in [-0.1, -0.05) is 44.6 Å². The highest BCUT2D eigenvalue weighted by molar-refractivity contribution is 5.18. The summed E-state index contributed by atoms with van der Waals surface area (Å²) in [5.74, 6) is 2.76. The van der Waals surface area contributed by atoms with Crippen LogP contribution in [0.25, 0.3) is 0 Å². The fourth-order valence-electron chi connectivity index (χ4n) is 5.01. The number of hydrogen-bond donors (Lipinski definition) is 1. The molecule has 0 amide bonds. The predicted molar refractivity (Wildman–Crippen MR) is 97.7 cm³/mol. The first-order valence-corrected chi connectivity index (χ1v) is 9.32. The first-order chi connectivity index (χ1) is 10.2. The lowest BCUT2D eigenvalue weighted by Gasteiger charge is -2.44. The Bertz CT molecular complexity index is 439. The van der Waals surface area contributed by atoms with Gasteiger partial charge in [0, 0.05) is 5.54 Å². The van der Waals surface area contributed by atoms with Gasteiger partial charge in [0.15, 0.2) is 0 Å². The monoisotopic (exact) mass is 303 g/mol. The largest absolute Gasteiger partial charge is 0.325 e. The summed E-state index contributed by atoms with van der Waals surface area (Å²) >= 11 is 0. The van der Waals surface area contributed by atoms with E-state index in [4.69, 9.17) is 5.73 Å². The molecule has 2 rings (SSSR count). The molecule has 2 aliphatic carbocycles. The van der Waals surface area contributed by atoms with Crippen molar-refractivity contribution in [2.75, 3.05) is 0 Å². The third kappa shape index (κ3) is 3.35. The van der Waals surface area contributed by atoms with Crippen molar-refractivity contribution >= 4 is 0 Å². The van der Waals surface area contributed by atoms with Crippen LogP contribution in [-0.4, -0.2) is 5.54 Å². The molecule has 1 heteroatoms. The smallest absolute Gasteiger partial charge is 0.0157 e. The maximum atomic E-state index is 6.23. The molecule has 0 heterocycles. The average molecular weight is 304 g/mol. The summed E-state index contributed by atoms with van der Waals surface area (Å²) < 4.78 is 0. The van der Waals surface area contributed by atoms with Crippen molar-refractivity contribution in [1.29, 1.82) is 0 Å². The number of hydrogen-bond acceptors (Lipinski definition) is 1. The highest BCUT2D eigenvalue weighted by Crippen LogP contribution is 2.59. The van der Waals surface area contributed by atoms with Gasteiger partial charge >= 0.3 is 0 Å². The lowest BCUT2D eigenvalue weighted by Crippen LogP contribution is -2.38. The van der Waals surface area contributed by atoms with E-state index >= 15 is 0 Å². The summed E-state index contributed by atoms with van der Waals surface area (Å²) in [6.45, 7) is 13.7. The Balaban J connectivity index is 2.11. The van der Waals surface area contributed by atoms with Gasteiger partial charge in [0.1, 0.15) is 0 Å². The van der Waals surface area contributed by atoms with Gasteiger partial charge in [0.2, 0.25) is 0 Å². The van der Waals surface area contributed by atoms with E-state index in [1.54, 1.807) is 5.57 Å². The molecule has 5 atom stereocenters. The van der Waals surface area contributed by atoms with Gasteiger partial charge in [-0.05, 0) is 82.0 Å². The van der Waals surface area contributed by atoms with Crippen molar-refractivity contribution in [1.82, 2.24) is 0 Å². The van der Waals surface area contributed by atoms with Crippen LogP contribution in [0.5, 0.6) is 0 Å². The minimum absolute atomic E-state index is 0.124. The standard InChI is InChI=1S/C21H37N/c1-7-17-9-8-14-21(6)18(12-13-19(17)21)15(2)10-11-16(3)20(4,5)22/h7,10-11,15-16,18-19H,8-9,12-14,22H2,1-6H3/b11-10+,17-7+/t15-,16+,18?,19?,21?/m1/s1. The SMILES string of the molecule is C/C=C1\CCCC2(C)C1CCC2[C@H](C)/C=C/[C@H](C)C(C)(C)N. The second-order valence-corrected chi connectivity index (χ2v) is 8.81. The minimum Gasteiger partial charge on any atom is -0.325 e. The first-order valence-electron chi connectivity index (χ1n) is 9.32. The molecule has 3 unspecified atom stereocenters. The van der Waals surface area contributed by atoms with Crippen molar-refractivity contribution in [2.45, 2.75) is 79.2 Å². The normalized spacial score (nSPS) is 37.5. The molecule has 0 aromatic rings. The van der Waals surface area contributed by atoms with Gasteiger partial charge in [0.25, 0.3) is 0 Å². The lowest BCUT2D eigenvalue weighted by atomic mass is 9.61. The van der Waals surface area contributed by atoms with Crippen molar-refractivity contribution in [3.8, 4) is 0 Å². The second-order valence-electron chi connectivity index (χ2n) is 8.81. The Kier molecular flexibility index (Phi) is 5.27. The topological polar surface area (TPSA) is 26.0 Å². The summed E-state index contributed by atoms with van der Waals surface area (Å²) in [4.78, 5) is 0. The van der Waals surface area contributed by atoms with Crippen LogP contribution >= 0.6 is 0 Å². The molecule has 0 aliphatic heterocycles. The Hall–Kier alpha value is -0.560. The Morgan fingerprint density at radius 3 is 2.50 bits per heavy atom. The second kappa shape index (κ2) is 6.51. The summed E-state index contributed by atoms with van der Waals surface area (Å²) in [5.41, 5.74) is 8.36. The van der Waals surface area contributed by atoms with Crippen LogP contribution < -0.4 is 5.73 Å². The van der Waals surface area contributed by atoms with E-state index in [0.717, 1.165) is 11.8 Å². The molecule has 0 aromatic carbocycles. The van der Waals surface area contributed by atoms with E-state index in [9.17, 15) is 0 Å². The lowest BCUT2D eigenvalue weighted by molar-refractivity contribution is 0.112. The maximum absolute atomic E-state index is 6.23. The van der Waals surface area contributed by atoms with E-state index in [2.05, 4.69) is 59.8 Å². The zero-order valence-corrected chi connectivity index (χ0v) is 15.7. The van der Waals surface area contributed by atoms with E-state index in [-0.39, 0.29) is 5.54 Å². The molecule has 0 radical (unpaired) electrons. The summed E-state index contributed by atoms with van der Waals surface area (Å²) in [6, 6.07) is 0. The van der Waals surface area contributed by atoms with Crippen LogP contribution in [0.4, 0.5) is 0 Å². The van der Waals surface area contributed by atoms with Crippen molar-refractivity contribution in [2.24, 2.45) is 34.8 Å². The molecule has 22 heavy (non-hydrogen) atoms.